The van der Waals surface area contributed by atoms with Crippen molar-refractivity contribution in [3.63, 3.8) is 0 Å². The highest BCUT2D eigenvalue weighted by atomic mass is 127. The van der Waals surface area contributed by atoms with Crippen LogP contribution < -0.4 is 5.32 Å². The van der Waals surface area contributed by atoms with E-state index >= 15 is 0 Å². The molecule has 6 heteroatoms. The zero-order chi connectivity index (χ0) is 15.5. The molecule has 3 nitrogen and oxygen atoms in total. The van der Waals surface area contributed by atoms with Crippen molar-refractivity contribution in [2.45, 2.75) is 12.6 Å². The molecule has 1 aliphatic heterocycles. The highest BCUT2D eigenvalue weighted by Gasteiger charge is 2.21. The lowest BCUT2D eigenvalue weighted by molar-refractivity contribution is 0.474. The van der Waals surface area contributed by atoms with E-state index in [4.69, 9.17) is 0 Å². The summed E-state index contributed by atoms with van der Waals surface area (Å²) in [7, 11) is 1.85. The Morgan fingerprint density at radius 3 is 2.43 bits per heavy atom. The molecule has 0 fully saturated rings. The highest BCUT2D eigenvalue weighted by Crippen LogP contribution is 2.18. The second kappa shape index (κ2) is 7.72. The molecule has 0 saturated heterocycles. The molecule has 0 saturated carbocycles. The zero-order valence-electron chi connectivity index (χ0n) is 12.7. The molecular weight excluding hydrogens is 411 g/mol. The molecule has 0 radical (unpaired) electrons. The van der Waals surface area contributed by atoms with Gasteiger partial charge in [-0.05, 0) is 23.3 Å². The quantitative estimate of drug-likeness (QED) is 0.754. The topological polar surface area (TPSA) is 27.6 Å². The van der Waals surface area contributed by atoms with Crippen LogP contribution in [0.1, 0.15) is 17.2 Å². The van der Waals surface area contributed by atoms with E-state index in [0.717, 1.165) is 12.0 Å². The fourth-order valence-electron chi connectivity index (χ4n) is 2.58. The van der Waals surface area contributed by atoms with Gasteiger partial charge < -0.3 is 10.2 Å². The molecule has 3 rings (SSSR count). The Balaban J connectivity index is 0.00000192. The predicted molar refractivity (Wildman–Crippen MR) is 97.9 cm³/mol. The fraction of sp³-hybridized carbons (Fsp3) is 0.235. The number of benzene rings is 2. The molecule has 0 spiro atoms. The van der Waals surface area contributed by atoms with Crippen molar-refractivity contribution in [1.82, 2.24) is 10.2 Å². The van der Waals surface area contributed by atoms with Gasteiger partial charge in [-0.15, -0.1) is 24.0 Å². The van der Waals surface area contributed by atoms with Crippen LogP contribution in [0, 0.1) is 11.6 Å². The molecule has 0 aromatic heterocycles. The van der Waals surface area contributed by atoms with Crippen LogP contribution in [-0.4, -0.2) is 24.5 Å². The van der Waals surface area contributed by atoms with Crippen molar-refractivity contribution < 1.29 is 8.78 Å². The summed E-state index contributed by atoms with van der Waals surface area (Å²) in [6.07, 6.45) is 0. The summed E-state index contributed by atoms with van der Waals surface area (Å²) in [5, 5.41) is 3.34. The van der Waals surface area contributed by atoms with Crippen LogP contribution in [0.3, 0.4) is 0 Å². The standard InChI is InChI=1S/C17H17F2N3.HI/c1-22(11-12-7-14(18)9-15(19)8-12)17-20-10-16(21-17)13-5-3-2-4-6-13;/h2-9,16H,10-11H2,1H3,(H,20,21);1H. The Morgan fingerprint density at radius 1 is 1.13 bits per heavy atom. The van der Waals surface area contributed by atoms with Crippen LogP contribution >= 0.6 is 24.0 Å². The normalized spacial score (nSPS) is 16.3. The highest BCUT2D eigenvalue weighted by molar-refractivity contribution is 14.0. The Labute approximate surface area is 151 Å². The second-order valence-electron chi connectivity index (χ2n) is 5.41. The molecule has 0 bridgehead atoms. The van der Waals surface area contributed by atoms with Crippen molar-refractivity contribution in [3.8, 4) is 0 Å². The molecule has 2 aromatic rings. The lowest BCUT2D eigenvalue weighted by Crippen LogP contribution is -2.36. The van der Waals surface area contributed by atoms with Crippen LogP contribution in [-0.2, 0) is 6.54 Å². The minimum Gasteiger partial charge on any atom is -0.348 e. The molecule has 1 unspecified atom stereocenters. The van der Waals surface area contributed by atoms with E-state index in [1.807, 2.05) is 30.1 Å². The maximum Gasteiger partial charge on any atom is 0.194 e. The van der Waals surface area contributed by atoms with E-state index in [1.54, 1.807) is 0 Å². The summed E-state index contributed by atoms with van der Waals surface area (Å²) in [5.41, 5.74) is 1.75. The van der Waals surface area contributed by atoms with Gasteiger partial charge in [0.2, 0.25) is 0 Å². The molecule has 2 aromatic carbocycles. The number of nitrogens with one attached hydrogen (secondary N) is 1. The summed E-state index contributed by atoms with van der Waals surface area (Å²) in [6, 6.07) is 13.8. The van der Waals surface area contributed by atoms with E-state index in [0.29, 0.717) is 18.7 Å². The summed E-state index contributed by atoms with van der Waals surface area (Å²) in [4.78, 5) is 6.34. The average Bonchev–Trinajstić information content (AvgIpc) is 2.97. The first kappa shape index (κ1) is 17.7. The smallest absolute Gasteiger partial charge is 0.194 e. The summed E-state index contributed by atoms with van der Waals surface area (Å²) >= 11 is 0. The first-order valence-corrected chi connectivity index (χ1v) is 7.14. The van der Waals surface area contributed by atoms with E-state index < -0.39 is 11.6 Å². The Bertz CT molecular complexity index is 671. The third-order valence-corrected chi connectivity index (χ3v) is 3.63. The number of rotatable bonds is 3. The van der Waals surface area contributed by atoms with Gasteiger partial charge in [-0.25, -0.2) is 8.78 Å². The van der Waals surface area contributed by atoms with Crippen LogP contribution in [0.2, 0.25) is 0 Å². The first-order chi connectivity index (χ1) is 10.6. The molecule has 1 aliphatic rings. The predicted octanol–water partition coefficient (Wildman–Crippen LogP) is 3.72. The van der Waals surface area contributed by atoms with Crippen LogP contribution in [0.4, 0.5) is 8.78 Å². The average molecular weight is 429 g/mol. The van der Waals surface area contributed by atoms with Crippen LogP contribution in [0.5, 0.6) is 0 Å². The number of nitrogens with zero attached hydrogens (tertiary/aromatic N) is 2. The van der Waals surface area contributed by atoms with Crippen molar-refractivity contribution in [1.29, 1.82) is 0 Å². The van der Waals surface area contributed by atoms with Crippen molar-refractivity contribution in [2.75, 3.05) is 13.6 Å². The van der Waals surface area contributed by atoms with Gasteiger partial charge in [0.1, 0.15) is 11.6 Å². The molecule has 23 heavy (non-hydrogen) atoms. The van der Waals surface area contributed by atoms with E-state index in [1.165, 1.54) is 17.7 Å². The SMILES string of the molecule is CN(Cc1cc(F)cc(F)c1)C1=NCC(c2ccccc2)N1.I. The zero-order valence-corrected chi connectivity index (χ0v) is 15.0. The van der Waals surface area contributed by atoms with Crippen molar-refractivity contribution in [2.24, 2.45) is 4.99 Å². The van der Waals surface area contributed by atoms with Crippen molar-refractivity contribution in [3.05, 3.63) is 71.3 Å². The monoisotopic (exact) mass is 429 g/mol. The van der Waals surface area contributed by atoms with Gasteiger partial charge in [-0.3, -0.25) is 4.99 Å². The first-order valence-electron chi connectivity index (χ1n) is 7.14. The van der Waals surface area contributed by atoms with Crippen molar-refractivity contribution >= 4 is 29.9 Å². The number of aliphatic imine (C=N–C) groups is 1. The van der Waals surface area contributed by atoms with Gasteiger partial charge in [0.15, 0.2) is 5.96 Å². The maximum absolute atomic E-state index is 13.2. The molecular formula is C17H18F2IN3. The largest absolute Gasteiger partial charge is 0.348 e. The van der Waals surface area contributed by atoms with E-state index in [-0.39, 0.29) is 30.0 Å². The molecule has 1 atom stereocenters. The van der Waals surface area contributed by atoms with Gasteiger partial charge in [0.25, 0.3) is 0 Å². The number of hydrogen-bond acceptors (Lipinski definition) is 3. The van der Waals surface area contributed by atoms with Crippen LogP contribution in [0.15, 0.2) is 53.5 Å². The minimum atomic E-state index is -0.563. The summed E-state index contributed by atoms with van der Waals surface area (Å²) in [5.74, 6) is -0.391. The maximum atomic E-state index is 13.2. The van der Waals surface area contributed by atoms with Gasteiger partial charge in [-0.2, -0.15) is 0 Å². The van der Waals surface area contributed by atoms with E-state index in [2.05, 4.69) is 22.4 Å². The van der Waals surface area contributed by atoms with E-state index in [9.17, 15) is 8.78 Å². The summed E-state index contributed by atoms with van der Waals surface area (Å²) < 4.78 is 26.5. The molecule has 1 N–H and O–H groups in total. The Kier molecular flexibility index (Phi) is 5.92. The Hall–Kier alpha value is -1.70. The fourth-order valence-corrected chi connectivity index (χ4v) is 2.58. The van der Waals surface area contributed by atoms with Gasteiger partial charge >= 0.3 is 0 Å². The molecule has 0 aliphatic carbocycles. The number of guanidine groups is 1. The Morgan fingerprint density at radius 2 is 1.78 bits per heavy atom. The van der Waals surface area contributed by atoms with Gasteiger partial charge in [0.05, 0.1) is 12.6 Å². The number of hydrogen-bond donors (Lipinski definition) is 1. The third-order valence-electron chi connectivity index (χ3n) is 3.63. The third kappa shape index (κ3) is 4.40. The van der Waals surface area contributed by atoms with Crippen LogP contribution in [0.25, 0.3) is 0 Å². The lowest BCUT2D eigenvalue weighted by Gasteiger charge is -2.21. The summed E-state index contributed by atoms with van der Waals surface area (Å²) in [6.45, 7) is 1.04. The molecule has 122 valence electrons. The molecule has 1 heterocycles. The minimum absolute atomic E-state index is 0. The lowest BCUT2D eigenvalue weighted by atomic mass is 10.1. The molecule has 0 amide bonds. The van der Waals surface area contributed by atoms with Gasteiger partial charge in [0, 0.05) is 19.7 Å². The number of halogens is 3. The van der Waals surface area contributed by atoms with Gasteiger partial charge in [-0.1, -0.05) is 30.3 Å². The second-order valence-corrected chi connectivity index (χ2v) is 5.41.